The van der Waals surface area contributed by atoms with E-state index >= 15 is 0 Å². The third kappa shape index (κ3) is 0.578. The fourth-order valence-corrected chi connectivity index (χ4v) is 0.328. The molecule has 0 aliphatic heterocycles. The maximum absolute atomic E-state index is 8.08. The molecular weight excluding hydrogens is 90.1 g/mol. The minimum atomic E-state index is 1.18. The molecule has 1 aromatic heterocycles. The summed E-state index contributed by atoms with van der Waals surface area (Å²) in [6.07, 6.45) is 4.95. The van der Waals surface area contributed by atoms with Gasteiger partial charge in [0.1, 0.15) is 0 Å². The molecular formula is C4H3N3. The van der Waals surface area contributed by atoms with E-state index in [-0.39, 0.29) is 0 Å². The highest BCUT2D eigenvalue weighted by molar-refractivity contribution is 4.85. The van der Waals surface area contributed by atoms with Gasteiger partial charge in [-0.3, -0.25) is 0 Å². The molecule has 34 valence electrons. The number of aromatic nitrogens is 2. The summed E-state index contributed by atoms with van der Waals surface area (Å²) >= 11 is 0. The molecule has 0 radical (unpaired) electrons. The Hall–Kier alpha value is -1.30. The zero-order chi connectivity index (χ0) is 5.11. The Bertz CT molecular complexity index is 169. The van der Waals surface area contributed by atoms with Crippen LogP contribution in [0, 0.1) is 11.5 Å². The van der Waals surface area contributed by atoms with E-state index in [2.05, 4.69) is 5.10 Å². The summed E-state index contributed by atoms with van der Waals surface area (Å²) in [5.74, 6) is 0. The van der Waals surface area contributed by atoms with Crippen molar-refractivity contribution in [1.29, 1.82) is 5.26 Å². The molecule has 0 aliphatic carbocycles. The first-order valence-corrected chi connectivity index (χ1v) is 1.83. The summed E-state index contributed by atoms with van der Waals surface area (Å²) in [4.78, 5) is 0. The van der Waals surface area contributed by atoms with Crippen molar-refractivity contribution in [3.63, 3.8) is 0 Å². The van der Waals surface area contributed by atoms with Gasteiger partial charge in [-0.15, -0.1) is 0 Å². The Morgan fingerprint density at radius 2 is 2.57 bits per heavy atom. The molecule has 0 aromatic carbocycles. The van der Waals surface area contributed by atoms with E-state index in [0.717, 1.165) is 0 Å². The minimum absolute atomic E-state index is 1.18. The van der Waals surface area contributed by atoms with Crippen LogP contribution in [0.5, 0.6) is 0 Å². The summed E-state index contributed by atoms with van der Waals surface area (Å²) in [7, 11) is 0. The largest absolute Gasteiger partial charge is 0.206 e. The molecule has 0 bridgehead atoms. The molecule has 0 saturated heterocycles. The van der Waals surface area contributed by atoms with E-state index in [1.807, 2.05) is 6.19 Å². The van der Waals surface area contributed by atoms with Gasteiger partial charge in [-0.25, -0.2) is 0 Å². The van der Waals surface area contributed by atoms with Crippen molar-refractivity contribution in [2.75, 3.05) is 0 Å². The van der Waals surface area contributed by atoms with Crippen LogP contribution in [0.3, 0.4) is 0 Å². The van der Waals surface area contributed by atoms with E-state index in [9.17, 15) is 0 Å². The Labute approximate surface area is 40.8 Å². The molecule has 1 rings (SSSR count). The second-order valence-electron chi connectivity index (χ2n) is 1.05. The van der Waals surface area contributed by atoms with Crippen LogP contribution in [-0.4, -0.2) is 9.78 Å². The third-order valence-electron chi connectivity index (χ3n) is 0.607. The van der Waals surface area contributed by atoms with E-state index < -0.39 is 0 Å². The van der Waals surface area contributed by atoms with Crippen LogP contribution < -0.4 is 0 Å². The molecule has 0 fully saturated rings. The van der Waals surface area contributed by atoms with Gasteiger partial charge < -0.3 is 0 Å². The van der Waals surface area contributed by atoms with Gasteiger partial charge in [-0.05, 0) is 6.07 Å². The van der Waals surface area contributed by atoms with Crippen LogP contribution in [-0.2, 0) is 0 Å². The summed E-state index contributed by atoms with van der Waals surface area (Å²) in [5.41, 5.74) is 0. The highest BCUT2D eigenvalue weighted by Gasteiger charge is 1.76. The Kier molecular flexibility index (Phi) is 0.794. The van der Waals surface area contributed by atoms with E-state index in [0.29, 0.717) is 0 Å². The standard InChI is InChI=1S/C4H3N3/c5-4-7-3-1-2-6-7/h1-3H. The number of hydrogen-bond donors (Lipinski definition) is 0. The third-order valence-corrected chi connectivity index (χ3v) is 0.607. The lowest BCUT2D eigenvalue weighted by atomic mass is 10.8. The van der Waals surface area contributed by atoms with Gasteiger partial charge in [0.05, 0.1) is 6.20 Å². The topological polar surface area (TPSA) is 41.6 Å². The molecule has 0 spiro atoms. The summed E-state index contributed by atoms with van der Waals surface area (Å²) in [6, 6.07) is 1.70. The van der Waals surface area contributed by atoms with Gasteiger partial charge in [0.25, 0.3) is 0 Å². The Morgan fingerprint density at radius 1 is 1.71 bits per heavy atom. The Morgan fingerprint density at radius 3 is 2.86 bits per heavy atom. The van der Waals surface area contributed by atoms with Crippen LogP contribution in [0.15, 0.2) is 18.5 Å². The zero-order valence-electron chi connectivity index (χ0n) is 3.57. The predicted octanol–water partition coefficient (Wildman–Crippen LogP) is 0.212. The van der Waals surface area contributed by atoms with Crippen molar-refractivity contribution in [2.24, 2.45) is 0 Å². The second kappa shape index (κ2) is 1.43. The van der Waals surface area contributed by atoms with E-state index in [4.69, 9.17) is 5.26 Å². The number of rotatable bonds is 0. The average Bonchev–Trinajstić information content (AvgIpc) is 2.14. The van der Waals surface area contributed by atoms with Gasteiger partial charge in [-0.2, -0.15) is 15.0 Å². The molecule has 1 aromatic rings. The molecule has 3 heteroatoms. The van der Waals surface area contributed by atoms with Crippen LogP contribution in [0.2, 0.25) is 0 Å². The smallest absolute Gasteiger partial charge is 0.175 e. The molecule has 0 amide bonds. The van der Waals surface area contributed by atoms with Gasteiger partial charge >= 0.3 is 0 Å². The van der Waals surface area contributed by atoms with Crippen molar-refractivity contribution >= 4 is 0 Å². The van der Waals surface area contributed by atoms with Crippen LogP contribution in [0.4, 0.5) is 0 Å². The SMILES string of the molecule is N#Cn1cccn1. The molecule has 0 N–H and O–H groups in total. The maximum Gasteiger partial charge on any atom is 0.206 e. The number of nitrogens with zero attached hydrogens (tertiary/aromatic N) is 3. The molecule has 0 unspecified atom stereocenters. The highest BCUT2D eigenvalue weighted by Crippen LogP contribution is 1.75. The molecule has 0 atom stereocenters. The molecule has 7 heavy (non-hydrogen) atoms. The number of hydrogen-bond acceptors (Lipinski definition) is 2. The van der Waals surface area contributed by atoms with Gasteiger partial charge in [-0.1, -0.05) is 0 Å². The lowest BCUT2D eigenvalue weighted by Crippen LogP contribution is -1.84. The van der Waals surface area contributed by atoms with Gasteiger partial charge in [0, 0.05) is 6.20 Å². The first-order valence-electron chi connectivity index (χ1n) is 1.83. The van der Waals surface area contributed by atoms with Crippen LogP contribution in [0.25, 0.3) is 0 Å². The average molecular weight is 93.1 g/mol. The summed E-state index contributed by atoms with van der Waals surface area (Å²) < 4.78 is 1.18. The van der Waals surface area contributed by atoms with Crippen molar-refractivity contribution < 1.29 is 0 Å². The lowest BCUT2D eigenvalue weighted by molar-refractivity contribution is 0.898. The first kappa shape index (κ1) is 3.88. The Balaban J connectivity index is 3.04. The van der Waals surface area contributed by atoms with Crippen LogP contribution in [0.1, 0.15) is 0 Å². The van der Waals surface area contributed by atoms with Gasteiger partial charge in [0.2, 0.25) is 6.19 Å². The normalized spacial score (nSPS) is 7.86. The fraction of sp³-hybridized carbons (Fsp3) is 0. The molecule has 0 aliphatic rings. The second-order valence-corrected chi connectivity index (χ2v) is 1.05. The van der Waals surface area contributed by atoms with Crippen LogP contribution >= 0.6 is 0 Å². The quantitative estimate of drug-likeness (QED) is 0.460. The molecule has 0 saturated carbocycles. The van der Waals surface area contributed by atoms with E-state index in [1.165, 1.54) is 4.68 Å². The zero-order valence-corrected chi connectivity index (χ0v) is 3.57. The predicted molar refractivity (Wildman–Crippen MR) is 23.2 cm³/mol. The van der Waals surface area contributed by atoms with E-state index in [1.54, 1.807) is 18.5 Å². The summed E-state index contributed by atoms with van der Waals surface area (Å²) in [6.45, 7) is 0. The van der Waals surface area contributed by atoms with Gasteiger partial charge in [0.15, 0.2) is 0 Å². The van der Waals surface area contributed by atoms with Crippen molar-refractivity contribution in [3.05, 3.63) is 18.5 Å². The molecule has 1 heterocycles. The first-order chi connectivity index (χ1) is 3.43. The lowest BCUT2D eigenvalue weighted by Gasteiger charge is -1.72. The highest BCUT2D eigenvalue weighted by atomic mass is 15.2. The van der Waals surface area contributed by atoms with Crippen molar-refractivity contribution in [2.45, 2.75) is 0 Å². The van der Waals surface area contributed by atoms with Crippen molar-refractivity contribution in [3.8, 4) is 6.19 Å². The fourth-order valence-electron chi connectivity index (χ4n) is 0.328. The monoisotopic (exact) mass is 93.0 g/mol. The summed E-state index contributed by atoms with van der Waals surface area (Å²) in [5, 5.41) is 11.7. The minimum Gasteiger partial charge on any atom is -0.175 e. The van der Waals surface area contributed by atoms with Crippen molar-refractivity contribution in [1.82, 2.24) is 9.78 Å². The molecule has 3 nitrogen and oxygen atoms in total. The maximum atomic E-state index is 8.08. The number of nitriles is 1.